The van der Waals surface area contributed by atoms with Gasteiger partial charge in [-0.1, -0.05) is 41.9 Å². The average Bonchev–Trinajstić information content (AvgIpc) is 3.40. The average molecular weight is 545 g/mol. The fourth-order valence-electron chi connectivity index (χ4n) is 5.52. The highest BCUT2D eigenvalue weighted by Gasteiger charge is 2.68. The van der Waals surface area contributed by atoms with E-state index in [0.29, 0.717) is 21.7 Å². The van der Waals surface area contributed by atoms with Gasteiger partial charge in [0.15, 0.2) is 0 Å². The van der Waals surface area contributed by atoms with E-state index in [9.17, 15) is 34.9 Å². The number of carboxylic acids is 1. The Labute approximate surface area is 227 Å². The van der Waals surface area contributed by atoms with Crippen molar-refractivity contribution in [1.29, 1.82) is 5.26 Å². The fourth-order valence-corrected chi connectivity index (χ4v) is 5.70. The molecule has 2 fully saturated rings. The number of rotatable bonds is 6. The summed E-state index contributed by atoms with van der Waals surface area (Å²) in [6, 6.07) is 17.7. The molecule has 2 aliphatic heterocycles. The largest absolute Gasteiger partial charge is 0.480 e. The van der Waals surface area contributed by atoms with Crippen molar-refractivity contribution in [2.45, 2.75) is 24.9 Å². The van der Waals surface area contributed by atoms with Crippen molar-refractivity contribution < 1.29 is 24.4 Å². The van der Waals surface area contributed by atoms with Crippen LogP contribution in [-0.2, 0) is 20.8 Å². The van der Waals surface area contributed by atoms with Crippen LogP contribution in [0.2, 0.25) is 5.02 Å². The minimum Gasteiger partial charge on any atom is -0.480 e. The lowest BCUT2D eigenvalue weighted by atomic mass is 9.76. The number of benzene rings is 3. The minimum absolute atomic E-state index is 0.162. The van der Waals surface area contributed by atoms with Crippen molar-refractivity contribution in [1.82, 2.24) is 5.32 Å². The maximum Gasteiger partial charge on any atom is 0.325 e. The molecule has 2 aliphatic rings. The Balaban J connectivity index is 1.64. The summed E-state index contributed by atoms with van der Waals surface area (Å²) >= 11 is 6.28. The van der Waals surface area contributed by atoms with E-state index in [-0.39, 0.29) is 17.8 Å². The summed E-state index contributed by atoms with van der Waals surface area (Å²) in [6.07, 6.45) is -0.213. The number of carboxylic acid groups (broad SMARTS) is 1. The number of halogens is 1. The summed E-state index contributed by atoms with van der Waals surface area (Å²) in [6.45, 7) is 1.78. The van der Waals surface area contributed by atoms with Gasteiger partial charge in [-0.2, -0.15) is 5.26 Å². The second-order valence-electron chi connectivity index (χ2n) is 9.68. The van der Waals surface area contributed by atoms with Gasteiger partial charge in [0.05, 0.1) is 34.1 Å². The topological polar surface area (TPSA) is 154 Å². The summed E-state index contributed by atoms with van der Waals surface area (Å²) < 4.78 is 0. The molecule has 3 aromatic carbocycles. The molecule has 11 heteroatoms. The van der Waals surface area contributed by atoms with Gasteiger partial charge in [0, 0.05) is 29.6 Å². The van der Waals surface area contributed by atoms with Crippen molar-refractivity contribution >= 4 is 40.8 Å². The molecule has 39 heavy (non-hydrogen) atoms. The molecular formula is C28H21ClN4O6. The summed E-state index contributed by atoms with van der Waals surface area (Å²) in [5, 5.41) is 34.3. The van der Waals surface area contributed by atoms with E-state index in [1.807, 2.05) is 6.07 Å². The number of hydrogen-bond donors (Lipinski definition) is 2. The number of fused-ring (bicyclic) bond motifs is 1. The second-order valence-corrected chi connectivity index (χ2v) is 10.1. The number of imide groups is 1. The van der Waals surface area contributed by atoms with Crippen LogP contribution in [0.25, 0.3) is 0 Å². The zero-order chi connectivity index (χ0) is 28.1. The molecule has 0 aromatic heterocycles. The molecule has 10 nitrogen and oxygen atoms in total. The van der Waals surface area contributed by atoms with Gasteiger partial charge in [0.2, 0.25) is 11.8 Å². The van der Waals surface area contributed by atoms with E-state index in [1.54, 1.807) is 43.3 Å². The van der Waals surface area contributed by atoms with Crippen LogP contribution in [0.3, 0.4) is 0 Å². The monoisotopic (exact) mass is 544 g/mol. The molecule has 0 bridgehead atoms. The van der Waals surface area contributed by atoms with Crippen molar-refractivity contribution in [3.8, 4) is 6.07 Å². The van der Waals surface area contributed by atoms with Gasteiger partial charge in [0.1, 0.15) is 5.54 Å². The normalized spacial score (nSPS) is 23.9. The van der Waals surface area contributed by atoms with Gasteiger partial charge in [-0.15, -0.1) is 0 Å². The van der Waals surface area contributed by atoms with Gasteiger partial charge in [-0.3, -0.25) is 29.8 Å². The number of hydrogen-bond acceptors (Lipinski definition) is 7. The van der Waals surface area contributed by atoms with Gasteiger partial charge < -0.3 is 5.11 Å². The third-order valence-corrected chi connectivity index (χ3v) is 7.89. The Morgan fingerprint density at radius 1 is 1.13 bits per heavy atom. The van der Waals surface area contributed by atoms with Gasteiger partial charge in [-0.25, -0.2) is 4.90 Å². The molecule has 2 heterocycles. The third-order valence-electron chi connectivity index (χ3n) is 7.48. The molecule has 196 valence electrons. The first-order valence-electron chi connectivity index (χ1n) is 12.0. The van der Waals surface area contributed by atoms with Crippen molar-refractivity contribution in [2.75, 3.05) is 4.90 Å². The Morgan fingerprint density at radius 3 is 2.36 bits per heavy atom. The lowest BCUT2D eigenvalue weighted by Crippen LogP contribution is -2.57. The Bertz CT molecular complexity index is 1570. The zero-order valence-corrected chi connectivity index (χ0v) is 21.3. The molecule has 0 aliphatic carbocycles. The van der Waals surface area contributed by atoms with Crippen LogP contribution in [0.15, 0.2) is 66.7 Å². The standard InChI is InChI=1S/C28H21ClN4O6/c1-15-2-9-20(12-21(15)29)32-25(34)22-23(26(32)35)28(27(36)37,13-16-5-10-19(11-6-16)33(38)39)31-24(22)18-7-3-17(14-30)4-8-18/h2-12,22-24,31H,13H2,1H3,(H,36,37). The van der Waals surface area contributed by atoms with E-state index in [4.69, 9.17) is 11.6 Å². The lowest BCUT2D eigenvalue weighted by Gasteiger charge is -2.31. The van der Waals surface area contributed by atoms with E-state index in [0.717, 1.165) is 10.5 Å². The molecule has 4 unspecified atom stereocenters. The number of nitrogens with zero attached hydrogens (tertiary/aromatic N) is 3. The maximum atomic E-state index is 14.0. The van der Waals surface area contributed by atoms with Crippen LogP contribution in [0.1, 0.15) is 28.3 Å². The zero-order valence-electron chi connectivity index (χ0n) is 20.5. The van der Waals surface area contributed by atoms with Crippen LogP contribution >= 0.6 is 11.6 Å². The summed E-state index contributed by atoms with van der Waals surface area (Å²) in [7, 11) is 0. The molecule has 0 spiro atoms. The van der Waals surface area contributed by atoms with E-state index in [1.165, 1.54) is 30.3 Å². The van der Waals surface area contributed by atoms with Crippen LogP contribution in [-0.4, -0.2) is 33.4 Å². The quantitative estimate of drug-likeness (QED) is 0.269. The first kappa shape index (κ1) is 26.0. The van der Waals surface area contributed by atoms with E-state index < -0.39 is 46.1 Å². The van der Waals surface area contributed by atoms with Gasteiger partial charge >= 0.3 is 5.97 Å². The predicted molar refractivity (Wildman–Crippen MR) is 140 cm³/mol. The number of aryl methyl sites for hydroxylation is 1. The van der Waals surface area contributed by atoms with Crippen LogP contribution < -0.4 is 10.2 Å². The minimum atomic E-state index is -1.91. The highest BCUT2D eigenvalue weighted by molar-refractivity contribution is 6.32. The number of amides is 2. The number of aliphatic carboxylic acids is 1. The molecular weight excluding hydrogens is 524 g/mol. The summed E-state index contributed by atoms with van der Waals surface area (Å²) in [5.41, 5.74) is 0.277. The molecule has 2 N–H and O–H groups in total. The molecule has 0 saturated carbocycles. The number of carbonyl (C=O) groups excluding carboxylic acids is 2. The molecule has 5 rings (SSSR count). The van der Waals surface area contributed by atoms with Crippen molar-refractivity contribution in [3.05, 3.63) is 104 Å². The summed E-state index contributed by atoms with van der Waals surface area (Å²) in [5.74, 6) is -4.95. The molecule has 0 radical (unpaired) electrons. The number of non-ortho nitro benzene ring substituents is 1. The van der Waals surface area contributed by atoms with Crippen LogP contribution in [0.4, 0.5) is 11.4 Å². The highest BCUT2D eigenvalue weighted by Crippen LogP contribution is 2.51. The number of nitro groups is 1. The molecule has 2 amide bonds. The van der Waals surface area contributed by atoms with Crippen molar-refractivity contribution in [3.63, 3.8) is 0 Å². The van der Waals surface area contributed by atoms with Gasteiger partial charge in [0.25, 0.3) is 5.69 Å². The van der Waals surface area contributed by atoms with E-state index in [2.05, 4.69) is 5.32 Å². The van der Waals surface area contributed by atoms with Crippen LogP contribution in [0.5, 0.6) is 0 Å². The number of nitro benzene ring substituents is 1. The molecule has 2 saturated heterocycles. The summed E-state index contributed by atoms with van der Waals surface area (Å²) in [4.78, 5) is 52.4. The van der Waals surface area contributed by atoms with Gasteiger partial charge in [-0.05, 0) is 47.9 Å². The number of anilines is 1. The van der Waals surface area contributed by atoms with Crippen LogP contribution in [0, 0.1) is 40.2 Å². The molecule has 3 aromatic rings. The Morgan fingerprint density at radius 2 is 1.79 bits per heavy atom. The first-order valence-corrected chi connectivity index (χ1v) is 12.3. The lowest BCUT2D eigenvalue weighted by molar-refractivity contribution is -0.384. The predicted octanol–water partition coefficient (Wildman–Crippen LogP) is 3.94. The number of nitriles is 1. The Kier molecular flexibility index (Phi) is 6.42. The highest BCUT2D eigenvalue weighted by atomic mass is 35.5. The second kappa shape index (κ2) is 9.62. The Hall–Kier alpha value is -4.59. The maximum absolute atomic E-state index is 14.0. The fraction of sp³-hybridized carbons (Fsp3) is 0.214. The third kappa shape index (κ3) is 4.22. The number of carbonyl (C=O) groups is 3. The number of nitrogens with one attached hydrogen (secondary N) is 1. The van der Waals surface area contributed by atoms with Crippen molar-refractivity contribution in [2.24, 2.45) is 11.8 Å². The smallest absolute Gasteiger partial charge is 0.325 e. The first-order chi connectivity index (χ1) is 18.6. The molecule has 4 atom stereocenters. The van der Waals surface area contributed by atoms with E-state index >= 15 is 0 Å². The SMILES string of the molecule is Cc1ccc(N2C(=O)C3C(c4ccc(C#N)cc4)NC(Cc4ccc([N+](=O)[O-])cc4)(C(=O)O)C3C2=O)cc1Cl.